The molecule has 0 spiro atoms. The Labute approximate surface area is 132 Å². The molecular formula is C14H19N3O4S. The zero-order valence-electron chi connectivity index (χ0n) is 12.0. The smallest absolute Gasteiger partial charge is 0.284 e. The van der Waals surface area contributed by atoms with Crippen LogP contribution in [0.2, 0.25) is 0 Å². The summed E-state index contributed by atoms with van der Waals surface area (Å²) >= 11 is 0.991. The van der Waals surface area contributed by atoms with E-state index in [1.165, 1.54) is 29.2 Å². The molecule has 2 amide bonds. The van der Waals surface area contributed by atoms with Gasteiger partial charge in [-0.3, -0.25) is 14.5 Å². The number of aromatic hydroxyl groups is 1. The molecule has 120 valence electrons. The van der Waals surface area contributed by atoms with E-state index in [9.17, 15) is 19.8 Å². The number of anilines is 1. The second-order valence-electron chi connectivity index (χ2n) is 4.98. The molecule has 0 aromatic heterocycles. The molecule has 1 aliphatic rings. The summed E-state index contributed by atoms with van der Waals surface area (Å²) in [6, 6.07) is 5.88. The minimum atomic E-state index is -1.85. The number of hydrogen-bond donors (Lipinski definition) is 4. The monoisotopic (exact) mass is 325 g/mol. The molecule has 1 aromatic carbocycles. The molecule has 5 N–H and O–H groups in total. The van der Waals surface area contributed by atoms with E-state index in [1.807, 2.05) is 0 Å². The highest BCUT2D eigenvalue weighted by Crippen LogP contribution is 2.31. The minimum Gasteiger partial charge on any atom is -0.508 e. The van der Waals surface area contributed by atoms with Gasteiger partial charge in [0, 0.05) is 31.0 Å². The van der Waals surface area contributed by atoms with Crippen LogP contribution in [0.1, 0.15) is 12.8 Å². The normalized spacial score (nSPS) is 20.9. The fourth-order valence-corrected chi connectivity index (χ4v) is 2.97. The summed E-state index contributed by atoms with van der Waals surface area (Å²) < 4.78 is 0. The average molecular weight is 325 g/mol. The van der Waals surface area contributed by atoms with Crippen LogP contribution >= 0.6 is 11.8 Å². The van der Waals surface area contributed by atoms with Crippen molar-refractivity contribution in [3.63, 3.8) is 0 Å². The molecule has 1 aliphatic heterocycles. The van der Waals surface area contributed by atoms with Gasteiger partial charge in [0.05, 0.1) is 0 Å². The number of thioether (sulfide) groups is 1. The predicted octanol–water partition coefficient (Wildman–Crippen LogP) is 0.927. The molecule has 0 bridgehead atoms. The number of likely N-dealkylation sites (tertiary alicyclic amines) is 1. The molecule has 0 aliphatic carbocycles. The first-order valence-corrected chi connectivity index (χ1v) is 7.93. The van der Waals surface area contributed by atoms with Crippen LogP contribution in [0.15, 0.2) is 24.3 Å². The Hall–Kier alpha value is -1.77. The third kappa shape index (κ3) is 3.52. The van der Waals surface area contributed by atoms with Crippen molar-refractivity contribution in [3.05, 3.63) is 24.3 Å². The summed E-state index contributed by atoms with van der Waals surface area (Å²) in [6.45, 7) is 0.679. The fourth-order valence-electron chi connectivity index (χ4n) is 2.28. The van der Waals surface area contributed by atoms with Gasteiger partial charge in [-0.1, -0.05) is 11.8 Å². The zero-order valence-corrected chi connectivity index (χ0v) is 12.8. The standard InChI is InChI=1S/C14H19N3O4S/c15-7-9-22-13(20)17-8-1-6-14(17,21)12(19)16-10-2-4-11(18)5-3-10/h2-5,18,21H,1,6-9,15H2,(H,16,19)/t14-/m0/s1. The molecule has 22 heavy (non-hydrogen) atoms. The summed E-state index contributed by atoms with van der Waals surface area (Å²) in [5.41, 5.74) is 3.95. The largest absolute Gasteiger partial charge is 0.508 e. The van der Waals surface area contributed by atoms with Crippen molar-refractivity contribution in [1.29, 1.82) is 0 Å². The predicted molar refractivity (Wildman–Crippen MR) is 84.5 cm³/mol. The van der Waals surface area contributed by atoms with E-state index >= 15 is 0 Å². The third-order valence-electron chi connectivity index (χ3n) is 3.41. The van der Waals surface area contributed by atoms with Crippen molar-refractivity contribution in [2.45, 2.75) is 18.6 Å². The lowest BCUT2D eigenvalue weighted by Crippen LogP contribution is -2.54. The van der Waals surface area contributed by atoms with Crippen LogP contribution in [-0.4, -0.2) is 50.8 Å². The summed E-state index contributed by atoms with van der Waals surface area (Å²) in [4.78, 5) is 25.6. The maximum Gasteiger partial charge on any atom is 0.284 e. The molecule has 1 heterocycles. The molecule has 8 heteroatoms. The number of carbonyl (C=O) groups is 2. The molecule has 0 unspecified atom stereocenters. The summed E-state index contributed by atoms with van der Waals surface area (Å²) in [7, 11) is 0. The first-order chi connectivity index (χ1) is 10.5. The molecule has 0 saturated carbocycles. The Kier molecular flexibility index (Phi) is 5.28. The van der Waals surface area contributed by atoms with Gasteiger partial charge in [0.1, 0.15) is 5.75 Å². The third-order valence-corrected chi connectivity index (χ3v) is 4.31. The zero-order chi connectivity index (χ0) is 16.2. The highest BCUT2D eigenvalue weighted by atomic mass is 32.2. The number of amides is 2. The molecular weight excluding hydrogens is 306 g/mol. The fraction of sp³-hybridized carbons (Fsp3) is 0.429. The van der Waals surface area contributed by atoms with Crippen LogP contribution < -0.4 is 11.1 Å². The molecule has 2 rings (SSSR count). The van der Waals surface area contributed by atoms with Crippen LogP contribution in [0.5, 0.6) is 5.75 Å². The SMILES string of the molecule is NCCSC(=O)N1CCC[C@]1(O)C(=O)Nc1ccc(O)cc1. The number of carbonyl (C=O) groups excluding carboxylic acids is 2. The van der Waals surface area contributed by atoms with E-state index < -0.39 is 11.6 Å². The summed E-state index contributed by atoms with van der Waals surface area (Å²) in [5, 5.41) is 22.0. The van der Waals surface area contributed by atoms with Crippen molar-refractivity contribution in [2.75, 3.05) is 24.2 Å². The van der Waals surface area contributed by atoms with Crippen LogP contribution in [0.3, 0.4) is 0 Å². The lowest BCUT2D eigenvalue weighted by atomic mass is 10.1. The van der Waals surface area contributed by atoms with E-state index in [-0.39, 0.29) is 17.4 Å². The second kappa shape index (κ2) is 6.99. The van der Waals surface area contributed by atoms with Crippen molar-refractivity contribution >= 4 is 28.6 Å². The van der Waals surface area contributed by atoms with Gasteiger partial charge in [-0.05, 0) is 30.7 Å². The Morgan fingerprint density at radius 1 is 1.36 bits per heavy atom. The summed E-state index contributed by atoms with van der Waals surface area (Å²) in [5.74, 6) is -0.143. The molecule has 1 atom stereocenters. The molecule has 1 fully saturated rings. The van der Waals surface area contributed by atoms with Gasteiger partial charge in [-0.25, -0.2) is 0 Å². The van der Waals surface area contributed by atoms with Crippen LogP contribution in [0.4, 0.5) is 10.5 Å². The molecule has 7 nitrogen and oxygen atoms in total. The number of aliphatic hydroxyl groups is 1. The lowest BCUT2D eigenvalue weighted by Gasteiger charge is -2.31. The maximum absolute atomic E-state index is 12.4. The molecule has 1 aromatic rings. The Balaban J connectivity index is 2.08. The van der Waals surface area contributed by atoms with E-state index in [1.54, 1.807) is 0 Å². The van der Waals surface area contributed by atoms with Crippen LogP contribution in [0, 0.1) is 0 Å². The van der Waals surface area contributed by atoms with E-state index in [0.717, 1.165) is 11.8 Å². The number of phenols is 1. The van der Waals surface area contributed by atoms with E-state index in [0.29, 0.717) is 31.0 Å². The summed E-state index contributed by atoms with van der Waals surface area (Å²) in [6.07, 6.45) is 0.736. The highest BCUT2D eigenvalue weighted by Gasteiger charge is 2.48. The first-order valence-electron chi connectivity index (χ1n) is 6.94. The first kappa shape index (κ1) is 16.6. The van der Waals surface area contributed by atoms with Gasteiger partial charge in [-0.2, -0.15) is 0 Å². The molecule has 0 radical (unpaired) electrons. The van der Waals surface area contributed by atoms with Crippen LogP contribution in [-0.2, 0) is 4.79 Å². The average Bonchev–Trinajstić information content (AvgIpc) is 2.90. The number of benzene rings is 1. The van der Waals surface area contributed by atoms with E-state index in [2.05, 4.69) is 5.32 Å². The maximum atomic E-state index is 12.4. The Morgan fingerprint density at radius 3 is 2.68 bits per heavy atom. The second-order valence-corrected chi connectivity index (χ2v) is 6.02. The van der Waals surface area contributed by atoms with Gasteiger partial charge in [0.2, 0.25) is 5.72 Å². The van der Waals surface area contributed by atoms with E-state index in [4.69, 9.17) is 5.73 Å². The van der Waals surface area contributed by atoms with Gasteiger partial charge < -0.3 is 21.3 Å². The Bertz CT molecular complexity index is 552. The van der Waals surface area contributed by atoms with Crippen molar-refractivity contribution < 1.29 is 19.8 Å². The van der Waals surface area contributed by atoms with Gasteiger partial charge in [-0.15, -0.1) is 0 Å². The van der Waals surface area contributed by atoms with Gasteiger partial charge in [0.15, 0.2) is 0 Å². The van der Waals surface area contributed by atoms with Crippen molar-refractivity contribution in [2.24, 2.45) is 5.73 Å². The van der Waals surface area contributed by atoms with Gasteiger partial charge >= 0.3 is 0 Å². The van der Waals surface area contributed by atoms with Gasteiger partial charge in [0.25, 0.3) is 11.1 Å². The number of phenolic OH excluding ortho intramolecular Hbond substituents is 1. The van der Waals surface area contributed by atoms with Crippen LogP contribution in [0.25, 0.3) is 0 Å². The topological polar surface area (TPSA) is 116 Å². The minimum absolute atomic E-state index is 0.0764. The number of nitrogens with one attached hydrogen (secondary N) is 1. The molecule has 1 saturated heterocycles. The Morgan fingerprint density at radius 2 is 2.05 bits per heavy atom. The number of hydrogen-bond acceptors (Lipinski definition) is 6. The van der Waals surface area contributed by atoms with Crippen molar-refractivity contribution in [3.8, 4) is 5.75 Å². The number of rotatable bonds is 4. The lowest BCUT2D eigenvalue weighted by molar-refractivity contribution is -0.145. The number of nitrogens with zero attached hydrogens (tertiary/aromatic N) is 1. The quantitative estimate of drug-likeness (QED) is 0.612. The van der Waals surface area contributed by atoms with Crippen molar-refractivity contribution in [1.82, 2.24) is 4.90 Å². The highest BCUT2D eigenvalue weighted by molar-refractivity contribution is 8.13. The number of nitrogens with two attached hydrogens (primary N) is 1.